The van der Waals surface area contributed by atoms with Crippen molar-refractivity contribution < 1.29 is 4.79 Å². The SMILES string of the molecule is C=CCCC(=O)c1nnn(CCCCCCCC)c1C. The first kappa shape index (κ1) is 16.6. The van der Waals surface area contributed by atoms with Gasteiger partial charge in [0.05, 0.1) is 5.69 Å². The summed E-state index contributed by atoms with van der Waals surface area (Å²) in [4.78, 5) is 11.9. The minimum Gasteiger partial charge on any atom is -0.292 e. The molecule has 0 aliphatic rings. The number of aryl methyl sites for hydroxylation is 1. The zero-order valence-corrected chi connectivity index (χ0v) is 12.9. The van der Waals surface area contributed by atoms with Crippen molar-refractivity contribution in [1.82, 2.24) is 15.0 Å². The maximum atomic E-state index is 11.9. The van der Waals surface area contributed by atoms with Crippen molar-refractivity contribution in [2.24, 2.45) is 0 Å². The van der Waals surface area contributed by atoms with Gasteiger partial charge in [0, 0.05) is 13.0 Å². The molecule has 112 valence electrons. The van der Waals surface area contributed by atoms with Gasteiger partial charge in [-0.1, -0.05) is 50.3 Å². The van der Waals surface area contributed by atoms with E-state index in [1.54, 1.807) is 6.08 Å². The molecule has 0 unspecified atom stereocenters. The molecule has 0 saturated carbocycles. The lowest BCUT2D eigenvalue weighted by atomic mass is 10.1. The fourth-order valence-electron chi connectivity index (χ4n) is 2.22. The molecule has 0 N–H and O–H groups in total. The predicted octanol–water partition coefficient (Wildman–Crippen LogP) is 4.10. The van der Waals surface area contributed by atoms with E-state index in [-0.39, 0.29) is 5.78 Å². The minimum absolute atomic E-state index is 0.0663. The second kappa shape index (κ2) is 9.45. The molecule has 0 aliphatic heterocycles. The summed E-state index contributed by atoms with van der Waals surface area (Å²) in [5.74, 6) is 0.0663. The van der Waals surface area contributed by atoms with Crippen LogP contribution >= 0.6 is 0 Å². The van der Waals surface area contributed by atoms with Crippen LogP contribution in [-0.2, 0) is 6.54 Å². The van der Waals surface area contributed by atoms with Crippen LogP contribution in [0.25, 0.3) is 0 Å². The highest BCUT2D eigenvalue weighted by atomic mass is 16.1. The Bertz CT molecular complexity index is 423. The Labute approximate surface area is 122 Å². The lowest BCUT2D eigenvalue weighted by molar-refractivity contribution is 0.0978. The van der Waals surface area contributed by atoms with E-state index in [2.05, 4.69) is 23.8 Å². The zero-order valence-electron chi connectivity index (χ0n) is 12.9. The van der Waals surface area contributed by atoms with E-state index in [4.69, 9.17) is 0 Å². The van der Waals surface area contributed by atoms with E-state index < -0.39 is 0 Å². The number of hydrogen-bond acceptors (Lipinski definition) is 3. The van der Waals surface area contributed by atoms with Crippen molar-refractivity contribution in [3.8, 4) is 0 Å². The lowest BCUT2D eigenvalue weighted by Crippen LogP contribution is -2.05. The number of allylic oxidation sites excluding steroid dienone is 1. The number of rotatable bonds is 11. The molecule has 0 saturated heterocycles. The van der Waals surface area contributed by atoms with Gasteiger partial charge in [-0.05, 0) is 19.8 Å². The van der Waals surface area contributed by atoms with Crippen molar-refractivity contribution in [1.29, 1.82) is 0 Å². The molecule has 1 heterocycles. The number of nitrogens with zero attached hydrogens (tertiary/aromatic N) is 3. The Morgan fingerprint density at radius 1 is 1.25 bits per heavy atom. The van der Waals surface area contributed by atoms with Gasteiger partial charge >= 0.3 is 0 Å². The van der Waals surface area contributed by atoms with Gasteiger partial charge < -0.3 is 0 Å². The summed E-state index contributed by atoms with van der Waals surface area (Å²) in [5.41, 5.74) is 1.42. The second-order valence-electron chi connectivity index (χ2n) is 5.26. The highest BCUT2D eigenvalue weighted by Crippen LogP contribution is 2.11. The fourth-order valence-corrected chi connectivity index (χ4v) is 2.22. The first-order valence-electron chi connectivity index (χ1n) is 7.74. The fraction of sp³-hybridized carbons (Fsp3) is 0.688. The van der Waals surface area contributed by atoms with Crippen LogP contribution in [0.5, 0.6) is 0 Å². The molecule has 0 amide bonds. The Balaban J connectivity index is 2.38. The van der Waals surface area contributed by atoms with E-state index in [0.717, 1.165) is 18.7 Å². The quantitative estimate of drug-likeness (QED) is 0.347. The van der Waals surface area contributed by atoms with Crippen molar-refractivity contribution in [3.63, 3.8) is 0 Å². The third-order valence-electron chi connectivity index (χ3n) is 3.55. The molecule has 4 heteroatoms. The van der Waals surface area contributed by atoms with E-state index in [9.17, 15) is 4.79 Å². The van der Waals surface area contributed by atoms with Crippen LogP contribution in [0.2, 0.25) is 0 Å². The van der Waals surface area contributed by atoms with E-state index >= 15 is 0 Å². The lowest BCUT2D eigenvalue weighted by Gasteiger charge is -2.03. The number of hydrogen-bond donors (Lipinski definition) is 0. The van der Waals surface area contributed by atoms with E-state index in [1.165, 1.54) is 32.1 Å². The van der Waals surface area contributed by atoms with Gasteiger partial charge in [0.2, 0.25) is 0 Å². The molecule has 4 nitrogen and oxygen atoms in total. The van der Waals surface area contributed by atoms with E-state index in [1.807, 2.05) is 11.6 Å². The summed E-state index contributed by atoms with van der Waals surface area (Å²) < 4.78 is 1.86. The molecule has 20 heavy (non-hydrogen) atoms. The Morgan fingerprint density at radius 3 is 2.65 bits per heavy atom. The molecule has 0 spiro atoms. The van der Waals surface area contributed by atoms with Crippen LogP contribution < -0.4 is 0 Å². The number of carbonyl (C=O) groups excluding carboxylic acids is 1. The topological polar surface area (TPSA) is 47.8 Å². The molecular weight excluding hydrogens is 250 g/mol. The summed E-state index contributed by atoms with van der Waals surface area (Å²) >= 11 is 0. The molecule has 0 fully saturated rings. The molecular formula is C16H27N3O. The van der Waals surface area contributed by atoms with Crippen LogP contribution in [-0.4, -0.2) is 20.8 Å². The van der Waals surface area contributed by atoms with Gasteiger partial charge in [0.15, 0.2) is 11.5 Å². The largest absolute Gasteiger partial charge is 0.292 e. The standard InChI is InChI=1S/C16H27N3O/c1-4-6-8-9-10-11-13-19-14(3)16(17-18-19)15(20)12-7-5-2/h5H,2,4,6-13H2,1,3H3. The molecule has 0 radical (unpaired) electrons. The number of carbonyl (C=O) groups is 1. The van der Waals surface area contributed by atoms with Gasteiger partial charge in [-0.2, -0.15) is 0 Å². The first-order valence-corrected chi connectivity index (χ1v) is 7.74. The summed E-state index contributed by atoms with van der Waals surface area (Å²) in [6.07, 6.45) is 10.5. The number of aromatic nitrogens is 3. The van der Waals surface area contributed by atoms with Crippen LogP contribution in [0.3, 0.4) is 0 Å². The maximum Gasteiger partial charge on any atom is 0.185 e. The second-order valence-corrected chi connectivity index (χ2v) is 5.26. The zero-order chi connectivity index (χ0) is 14.8. The van der Waals surface area contributed by atoms with Crippen LogP contribution in [0.1, 0.15) is 74.5 Å². The number of unbranched alkanes of at least 4 members (excludes halogenated alkanes) is 5. The monoisotopic (exact) mass is 277 g/mol. The third-order valence-corrected chi connectivity index (χ3v) is 3.55. The number of ketones is 1. The molecule has 0 aliphatic carbocycles. The highest BCUT2D eigenvalue weighted by Gasteiger charge is 2.15. The smallest absolute Gasteiger partial charge is 0.185 e. The first-order chi connectivity index (χ1) is 9.70. The maximum absolute atomic E-state index is 11.9. The van der Waals surface area contributed by atoms with Crippen LogP contribution in [0.4, 0.5) is 0 Å². The van der Waals surface area contributed by atoms with Crippen molar-refractivity contribution in [2.75, 3.05) is 0 Å². The molecule has 0 atom stereocenters. The molecule has 1 aromatic heterocycles. The van der Waals surface area contributed by atoms with Crippen molar-refractivity contribution >= 4 is 5.78 Å². The van der Waals surface area contributed by atoms with Gasteiger partial charge in [-0.15, -0.1) is 11.7 Å². The molecule has 1 rings (SSSR count). The van der Waals surface area contributed by atoms with Crippen molar-refractivity contribution in [3.05, 3.63) is 24.0 Å². The van der Waals surface area contributed by atoms with Gasteiger partial charge in [0.25, 0.3) is 0 Å². The van der Waals surface area contributed by atoms with Crippen LogP contribution in [0, 0.1) is 6.92 Å². The predicted molar refractivity (Wildman–Crippen MR) is 81.9 cm³/mol. The van der Waals surface area contributed by atoms with Gasteiger partial charge in [0.1, 0.15) is 0 Å². The number of Topliss-reactive ketones (excluding diaryl/α,β-unsaturated/α-hetero) is 1. The Hall–Kier alpha value is -1.45. The molecule has 0 bridgehead atoms. The Morgan fingerprint density at radius 2 is 1.95 bits per heavy atom. The summed E-state index contributed by atoms with van der Waals surface area (Å²) in [7, 11) is 0. The molecule has 0 aromatic carbocycles. The van der Waals surface area contributed by atoms with Crippen LogP contribution in [0.15, 0.2) is 12.7 Å². The summed E-state index contributed by atoms with van der Waals surface area (Å²) in [5, 5.41) is 8.12. The van der Waals surface area contributed by atoms with E-state index in [0.29, 0.717) is 18.5 Å². The summed E-state index contributed by atoms with van der Waals surface area (Å²) in [6.45, 7) is 8.65. The average molecular weight is 277 g/mol. The minimum atomic E-state index is 0.0663. The third kappa shape index (κ3) is 5.27. The Kier molecular flexibility index (Phi) is 7.85. The van der Waals surface area contributed by atoms with Gasteiger partial charge in [-0.3, -0.25) is 4.79 Å². The normalized spacial score (nSPS) is 10.7. The van der Waals surface area contributed by atoms with Gasteiger partial charge in [-0.25, -0.2) is 4.68 Å². The summed E-state index contributed by atoms with van der Waals surface area (Å²) in [6, 6.07) is 0. The highest BCUT2D eigenvalue weighted by molar-refractivity contribution is 5.95. The van der Waals surface area contributed by atoms with Crippen molar-refractivity contribution in [2.45, 2.75) is 71.8 Å². The average Bonchev–Trinajstić information content (AvgIpc) is 2.81. The molecule has 1 aromatic rings.